The standard InChI is InChI=1S/C13H12N2O4S2/c16-12(17)7-20-6-11-14-13(15-19-11)9-5-21-10-4-2-1-3-8(10)18-9/h1-4,9H,5-7H2,(H,16,17). The SMILES string of the molecule is O=C(O)CSCc1nc(C2CSc3ccccc3O2)no1. The maximum absolute atomic E-state index is 10.4. The lowest BCUT2D eigenvalue weighted by Crippen LogP contribution is -2.16. The lowest BCUT2D eigenvalue weighted by molar-refractivity contribution is -0.133. The maximum atomic E-state index is 10.4. The number of aliphatic carboxylic acids is 1. The van der Waals surface area contributed by atoms with Gasteiger partial charge in [-0.1, -0.05) is 17.3 Å². The number of thioether (sulfide) groups is 2. The molecule has 0 aliphatic carbocycles. The predicted molar refractivity (Wildman–Crippen MR) is 78.6 cm³/mol. The molecule has 2 aromatic rings. The van der Waals surface area contributed by atoms with Gasteiger partial charge in [-0.15, -0.1) is 23.5 Å². The highest BCUT2D eigenvalue weighted by Gasteiger charge is 2.26. The summed E-state index contributed by atoms with van der Waals surface area (Å²) in [6, 6.07) is 7.83. The first-order valence-electron chi connectivity index (χ1n) is 6.23. The van der Waals surface area contributed by atoms with Crippen LogP contribution in [-0.2, 0) is 10.5 Å². The highest BCUT2D eigenvalue weighted by molar-refractivity contribution is 7.99. The van der Waals surface area contributed by atoms with E-state index in [1.54, 1.807) is 11.8 Å². The first-order chi connectivity index (χ1) is 10.2. The topological polar surface area (TPSA) is 85.5 Å². The molecular weight excluding hydrogens is 312 g/mol. The summed E-state index contributed by atoms with van der Waals surface area (Å²) in [6.45, 7) is 0. The van der Waals surface area contributed by atoms with E-state index in [9.17, 15) is 4.79 Å². The molecule has 1 aliphatic rings. The van der Waals surface area contributed by atoms with Gasteiger partial charge >= 0.3 is 5.97 Å². The number of benzene rings is 1. The van der Waals surface area contributed by atoms with Crippen molar-refractivity contribution < 1.29 is 19.2 Å². The van der Waals surface area contributed by atoms with Gasteiger partial charge in [-0.3, -0.25) is 4.79 Å². The number of carbonyl (C=O) groups is 1. The van der Waals surface area contributed by atoms with E-state index >= 15 is 0 Å². The van der Waals surface area contributed by atoms with E-state index in [4.69, 9.17) is 14.4 Å². The fourth-order valence-corrected chi connectivity index (χ4v) is 3.38. The van der Waals surface area contributed by atoms with Gasteiger partial charge in [0.15, 0.2) is 6.10 Å². The lowest BCUT2D eigenvalue weighted by Gasteiger charge is -2.22. The number of carboxylic acid groups (broad SMARTS) is 1. The van der Waals surface area contributed by atoms with Crippen molar-refractivity contribution in [1.29, 1.82) is 0 Å². The number of fused-ring (bicyclic) bond motifs is 1. The summed E-state index contributed by atoms with van der Waals surface area (Å²) in [5.74, 6) is 2.01. The molecule has 0 fully saturated rings. The Labute approximate surface area is 129 Å². The Morgan fingerprint density at radius 2 is 2.33 bits per heavy atom. The summed E-state index contributed by atoms with van der Waals surface area (Å²) >= 11 is 2.91. The molecule has 1 aromatic heterocycles. The normalized spacial score (nSPS) is 17.0. The minimum atomic E-state index is -0.858. The molecule has 3 rings (SSSR count). The van der Waals surface area contributed by atoms with Gasteiger partial charge in [-0.2, -0.15) is 4.98 Å². The molecule has 1 unspecified atom stereocenters. The fourth-order valence-electron chi connectivity index (χ4n) is 1.83. The van der Waals surface area contributed by atoms with Gasteiger partial charge in [-0.05, 0) is 12.1 Å². The van der Waals surface area contributed by atoms with Gasteiger partial charge in [0.1, 0.15) is 5.75 Å². The van der Waals surface area contributed by atoms with Crippen LogP contribution in [0.1, 0.15) is 17.8 Å². The van der Waals surface area contributed by atoms with Crippen molar-refractivity contribution in [3.8, 4) is 5.75 Å². The van der Waals surface area contributed by atoms with Gasteiger partial charge < -0.3 is 14.4 Å². The largest absolute Gasteiger partial charge is 0.481 e. The summed E-state index contributed by atoms with van der Waals surface area (Å²) in [5, 5.41) is 12.5. The molecule has 1 atom stereocenters. The number of aromatic nitrogens is 2. The second kappa shape index (κ2) is 6.40. The molecule has 0 spiro atoms. The molecule has 0 amide bonds. The summed E-state index contributed by atoms with van der Waals surface area (Å²) in [6.07, 6.45) is -0.244. The van der Waals surface area contributed by atoms with Crippen LogP contribution in [0.5, 0.6) is 5.75 Å². The molecule has 0 saturated carbocycles. The zero-order valence-corrected chi connectivity index (χ0v) is 12.5. The molecule has 1 aromatic carbocycles. The minimum absolute atomic E-state index is 0.0148. The Kier molecular flexibility index (Phi) is 4.35. The number of hydrogen-bond acceptors (Lipinski definition) is 7. The molecule has 6 nitrogen and oxygen atoms in total. The fraction of sp³-hybridized carbons (Fsp3) is 0.308. The molecule has 8 heteroatoms. The molecular formula is C13H12N2O4S2. The molecule has 21 heavy (non-hydrogen) atoms. The molecule has 0 radical (unpaired) electrons. The molecule has 1 aliphatic heterocycles. The number of nitrogens with zero attached hydrogens (tertiary/aromatic N) is 2. The maximum Gasteiger partial charge on any atom is 0.313 e. The molecule has 110 valence electrons. The van der Waals surface area contributed by atoms with Crippen molar-refractivity contribution in [1.82, 2.24) is 10.1 Å². The molecule has 0 bridgehead atoms. The third kappa shape index (κ3) is 3.51. The number of rotatable bonds is 5. The van der Waals surface area contributed by atoms with Crippen molar-refractivity contribution in [3.05, 3.63) is 36.0 Å². The quantitative estimate of drug-likeness (QED) is 0.898. The summed E-state index contributed by atoms with van der Waals surface area (Å²) < 4.78 is 11.0. The zero-order chi connectivity index (χ0) is 14.7. The Morgan fingerprint density at radius 3 is 3.19 bits per heavy atom. The first kappa shape index (κ1) is 14.3. The van der Waals surface area contributed by atoms with Crippen molar-refractivity contribution in [2.75, 3.05) is 11.5 Å². The highest BCUT2D eigenvalue weighted by Crippen LogP contribution is 2.39. The Morgan fingerprint density at radius 1 is 1.48 bits per heavy atom. The first-order valence-corrected chi connectivity index (χ1v) is 8.37. The third-order valence-electron chi connectivity index (χ3n) is 2.73. The van der Waals surface area contributed by atoms with Gasteiger partial charge in [-0.25, -0.2) is 0 Å². The lowest BCUT2D eigenvalue weighted by atomic mass is 10.3. The van der Waals surface area contributed by atoms with Crippen LogP contribution in [0.3, 0.4) is 0 Å². The number of ether oxygens (including phenoxy) is 1. The van der Waals surface area contributed by atoms with Gasteiger partial charge in [0.2, 0.25) is 11.7 Å². The van der Waals surface area contributed by atoms with Crippen molar-refractivity contribution in [2.45, 2.75) is 16.8 Å². The van der Waals surface area contributed by atoms with Crippen molar-refractivity contribution >= 4 is 29.5 Å². The molecule has 1 N–H and O–H groups in total. The average molecular weight is 324 g/mol. The Bertz CT molecular complexity index is 647. The van der Waals surface area contributed by atoms with E-state index in [0.717, 1.165) is 16.4 Å². The van der Waals surface area contributed by atoms with Crippen LogP contribution in [0.4, 0.5) is 0 Å². The monoisotopic (exact) mass is 324 g/mol. The second-order valence-corrected chi connectivity index (χ2v) is 6.34. The van der Waals surface area contributed by atoms with Gasteiger partial charge in [0, 0.05) is 10.6 Å². The zero-order valence-electron chi connectivity index (χ0n) is 10.9. The predicted octanol–water partition coefficient (Wildman–Crippen LogP) is 2.61. The highest BCUT2D eigenvalue weighted by atomic mass is 32.2. The second-order valence-electron chi connectivity index (χ2n) is 4.30. The van der Waals surface area contributed by atoms with Crippen molar-refractivity contribution in [2.24, 2.45) is 0 Å². The summed E-state index contributed by atoms with van der Waals surface area (Å²) in [5.41, 5.74) is 0. The van der Waals surface area contributed by atoms with Crippen LogP contribution in [0, 0.1) is 0 Å². The van der Waals surface area contributed by atoms with E-state index in [2.05, 4.69) is 10.1 Å². The van der Waals surface area contributed by atoms with E-state index in [0.29, 0.717) is 17.5 Å². The van der Waals surface area contributed by atoms with E-state index in [1.807, 2.05) is 24.3 Å². The third-order valence-corrected chi connectivity index (χ3v) is 4.75. The van der Waals surface area contributed by atoms with Crippen LogP contribution in [0.25, 0.3) is 0 Å². The van der Waals surface area contributed by atoms with Crippen LogP contribution in [0.2, 0.25) is 0 Å². The molecule has 2 heterocycles. The van der Waals surface area contributed by atoms with E-state index < -0.39 is 5.97 Å². The smallest absolute Gasteiger partial charge is 0.313 e. The van der Waals surface area contributed by atoms with Crippen LogP contribution in [0.15, 0.2) is 33.7 Å². The average Bonchev–Trinajstić information content (AvgIpc) is 2.95. The van der Waals surface area contributed by atoms with Gasteiger partial charge in [0.05, 0.1) is 11.5 Å². The Balaban J connectivity index is 1.63. The van der Waals surface area contributed by atoms with Crippen LogP contribution in [-0.4, -0.2) is 32.7 Å². The molecule has 0 saturated heterocycles. The minimum Gasteiger partial charge on any atom is -0.481 e. The number of carboxylic acids is 1. The number of para-hydroxylation sites is 1. The summed E-state index contributed by atoms with van der Waals surface area (Å²) in [4.78, 5) is 15.8. The Hall–Kier alpha value is -1.67. The van der Waals surface area contributed by atoms with Crippen LogP contribution < -0.4 is 4.74 Å². The van der Waals surface area contributed by atoms with Crippen molar-refractivity contribution in [3.63, 3.8) is 0 Å². The van der Waals surface area contributed by atoms with E-state index in [-0.39, 0.29) is 11.9 Å². The van der Waals surface area contributed by atoms with E-state index in [1.165, 1.54) is 11.8 Å². The summed E-state index contributed by atoms with van der Waals surface area (Å²) in [7, 11) is 0. The number of hydrogen-bond donors (Lipinski definition) is 1. The van der Waals surface area contributed by atoms with Gasteiger partial charge in [0.25, 0.3) is 0 Å². The van der Waals surface area contributed by atoms with Crippen LogP contribution >= 0.6 is 23.5 Å².